The van der Waals surface area contributed by atoms with E-state index in [2.05, 4.69) is 10.4 Å². The molecule has 0 aliphatic heterocycles. The maximum Gasteiger partial charge on any atom is 0.307 e. The fourth-order valence-electron chi connectivity index (χ4n) is 3.26. The van der Waals surface area contributed by atoms with Crippen LogP contribution in [0, 0.1) is 19.7 Å². The van der Waals surface area contributed by atoms with Gasteiger partial charge in [-0.1, -0.05) is 24.3 Å². The Bertz CT molecular complexity index is 1040. The summed E-state index contributed by atoms with van der Waals surface area (Å²) in [5.41, 5.74) is 3.99. The summed E-state index contributed by atoms with van der Waals surface area (Å²) in [5, 5.41) is 7.31. The number of methoxy groups -OCH3 is 1. The van der Waals surface area contributed by atoms with E-state index in [1.54, 1.807) is 24.3 Å². The second-order valence-electron chi connectivity index (χ2n) is 7.14. The summed E-state index contributed by atoms with van der Waals surface area (Å²) in [6.07, 6.45) is -0.0562. The highest BCUT2D eigenvalue weighted by Crippen LogP contribution is 2.19. The highest BCUT2D eigenvalue weighted by atomic mass is 19.1. The van der Waals surface area contributed by atoms with Crippen LogP contribution in [0.4, 0.5) is 4.39 Å². The number of benzene rings is 2. The van der Waals surface area contributed by atoms with E-state index in [9.17, 15) is 14.0 Å². The first-order valence-corrected chi connectivity index (χ1v) is 9.59. The molecule has 0 fully saturated rings. The van der Waals surface area contributed by atoms with Crippen molar-refractivity contribution in [1.29, 1.82) is 0 Å². The molecule has 0 aliphatic carbocycles. The van der Waals surface area contributed by atoms with Crippen molar-refractivity contribution in [2.24, 2.45) is 0 Å². The molecule has 0 spiro atoms. The van der Waals surface area contributed by atoms with Gasteiger partial charge in [-0.25, -0.2) is 4.39 Å². The number of aromatic nitrogens is 2. The number of esters is 1. The summed E-state index contributed by atoms with van der Waals surface area (Å²) < 4.78 is 19.9. The van der Waals surface area contributed by atoms with E-state index in [4.69, 9.17) is 4.74 Å². The van der Waals surface area contributed by atoms with E-state index in [0.717, 1.165) is 17.0 Å². The maximum atomic E-state index is 13.3. The van der Waals surface area contributed by atoms with Crippen LogP contribution < -0.4 is 5.32 Å². The molecule has 3 rings (SSSR count). The summed E-state index contributed by atoms with van der Waals surface area (Å²) in [6.45, 7) is 4.46. The van der Waals surface area contributed by atoms with Crippen molar-refractivity contribution in [1.82, 2.24) is 15.1 Å². The first-order valence-electron chi connectivity index (χ1n) is 9.59. The fourth-order valence-corrected chi connectivity index (χ4v) is 3.26. The number of halogens is 1. The van der Waals surface area contributed by atoms with Gasteiger partial charge < -0.3 is 10.1 Å². The lowest BCUT2D eigenvalue weighted by atomic mass is 10.0. The van der Waals surface area contributed by atoms with Gasteiger partial charge >= 0.3 is 5.97 Å². The summed E-state index contributed by atoms with van der Waals surface area (Å²) in [6, 6.07) is 14.3. The summed E-state index contributed by atoms with van der Waals surface area (Å²) in [4.78, 5) is 24.7. The molecular formula is C23H24FN3O3. The number of rotatable bonds is 7. The zero-order valence-electron chi connectivity index (χ0n) is 17.2. The number of amides is 1. The van der Waals surface area contributed by atoms with Gasteiger partial charge in [-0.05, 0) is 55.3 Å². The second kappa shape index (κ2) is 9.35. The normalized spacial score (nSPS) is 11.7. The van der Waals surface area contributed by atoms with Crippen molar-refractivity contribution in [3.05, 3.63) is 88.5 Å². The van der Waals surface area contributed by atoms with Crippen molar-refractivity contribution < 1.29 is 18.7 Å². The van der Waals surface area contributed by atoms with Gasteiger partial charge in [0, 0.05) is 11.3 Å². The van der Waals surface area contributed by atoms with Gasteiger partial charge in [0.2, 0.25) is 0 Å². The molecule has 30 heavy (non-hydrogen) atoms. The van der Waals surface area contributed by atoms with E-state index in [0.29, 0.717) is 17.7 Å². The highest BCUT2D eigenvalue weighted by Gasteiger charge is 2.20. The molecule has 1 amide bonds. The molecule has 1 N–H and O–H groups in total. The minimum absolute atomic E-state index is 0.0562. The lowest BCUT2D eigenvalue weighted by molar-refractivity contribution is -0.141. The number of ether oxygens (including phenoxy) is 1. The average Bonchev–Trinajstić information content (AvgIpc) is 3.04. The quantitative estimate of drug-likeness (QED) is 0.604. The van der Waals surface area contributed by atoms with Crippen molar-refractivity contribution in [3.8, 4) is 0 Å². The molecule has 1 atom stereocenters. The third-order valence-corrected chi connectivity index (χ3v) is 4.80. The van der Waals surface area contributed by atoms with Gasteiger partial charge in [0.25, 0.3) is 5.91 Å². The van der Waals surface area contributed by atoms with E-state index in [1.165, 1.54) is 19.2 Å². The Morgan fingerprint density at radius 1 is 1.13 bits per heavy atom. The summed E-state index contributed by atoms with van der Waals surface area (Å²) in [5.74, 6) is -1.19. The van der Waals surface area contributed by atoms with Crippen LogP contribution in [0.1, 0.15) is 45.3 Å². The Hall–Kier alpha value is -3.48. The third kappa shape index (κ3) is 5.31. The molecule has 6 nitrogen and oxygen atoms in total. The molecule has 7 heteroatoms. The predicted molar refractivity (Wildman–Crippen MR) is 110 cm³/mol. The molecular weight excluding hydrogens is 385 g/mol. The molecule has 0 saturated carbocycles. The Morgan fingerprint density at radius 2 is 1.87 bits per heavy atom. The molecule has 0 bridgehead atoms. The number of aryl methyl sites for hydroxylation is 2. The van der Waals surface area contributed by atoms with Crippen LogP contribution in [0.2, 0.25) is 0 Å². The fraction of sp³-hybridized carbons (Fsp3) is 0.261. The van der Waals surface area contributed by atoms with Crippen LogP contribution in [-0.2, 0) is 16.1 Å². The average molecular weight is 409 g/mol. The van der Waals surface area contributed by atoms with Gasteiger partial charge in [0.15, 0.2) is 0 Å². The van der Waals surface area contributed by atoms with E-state index < -0.39 is 17.8 Å². The van der Waals surface area contributed by atoms with Gasteiger partial charge in [-0.3, -0.25) is 14.3 Å². The van der Waals surface area contributed by atoms with Gasteiger partial charge in [0.1, 0.15) is 5.82 Å². The van der Waals surface area contributed by atoms with Crippen molar-refractivity contribution in [3.63, 3.8) is 0 Å². The van der Waals surface area contributed by atoms with Crippen LogP contribution >= 0.6 is 0 Å². The van der Waals surface area contributed by atoms with E-state index >= 15 is 0 Å². The minimum Gasteiger partial charge on any atom is -0.469 e. The number of hydrogen-bond acceptors (Lipinski definition) is 4. The van der Waals surface area contributed by atoms with E-state index in [-0.39, 0.29) is 12.3 Å². The van der Waals surface area contributed by atoms with Gasteiger partial charge in [-0.15, -0.1) is 0 Å². The molecule has 0 radical (unpaired) electrons. The lowest BCUT2D eigenvalue weighted by Gasteiger charge is -2.18. The van der Waals surface area contributed by atoms with Gasteiger partial charge in [-0.2, -0.15) is 5.10 Å². The minimum atomic E-state index is -0.634. The van der Waals surface area contributed by atoms with E-state index in [1.807, 2.05) is 36.7 Å². The van der Waals surface area contributed by atoms with Crippen LogP contribution in [0.15, 0.2) is 54.6 Å². The number of carbonyl (C=O) groups is 2. The molecule has 0 aliphatic rings. The molecule has 2 aromatic carbocycles. The Balaban J connectivity index is 1.78. The molecule has 1 aromatic heterocycles. The number of nitrogens with zero attached hydrogens (tertiary/aromatic N) is 2. The first-order chi connectivity index (χ1) is 14.4. The van der Waals surface area contributed by atoms with Crippen molar-refractivity contribution in [2.75, 3.05) is 7.11 Å². The van der Waals surface area contributed by atoms with Gasteiger partial charge in [0.05, 0.1) is 31.8 Å². The third-order valence-electron chi connectivity index (χ3n) is 4.80. The van der Waals surface area contributed by atoms with Crippen molar-refractivity contribution >= 4 is 11.9 Å². The van der Waals surface area contributed by atoms with Crippen LogP contribution in [0.3, 0.4) is 0 Å². The standard InChI is InChI=1S/C23H24FN3O3/c1-15-11-16(2)27(26-15)14-17-5-4-6-19(12-17)23(29)25-21(13-22(28)30-3)18-7-9-20(24)10-8-18/h4-12,21H,13-14H2,1-3H3,(H,25,29)/t21-/m0/s1. The molecule has 1 heterocycles. The number of carbonyl (C=O) groups excluding carboxylic acids is 2. The van der Waals surface area contributed by atoms with Crippen LogP contribution in [0.25, 0.3) is 0 Å². The predicted octanol–water partition coefficient (Wildman–Crippen LogP) is 3.72. The smallest absolute Gasteiger partial charge is 0.307 e. The maximum absolute atomic E-state index is 13.3. The SMILES string of the molecule is COC(=O)C[C@H](NC(=O)c1cccc(Cn2nc(C)cc2C)c1)c1ccc(F)cc1. The number of nitrogens with one attached hydrogen (secondary N) is 1. The Kier molecular flexibility index (Phi) is 6.61. The van der Waals surface area contributed by atoms with Crippen LogP contribution in [0.5, 0.6) is 0 Å². The summed E-state index contributed by atoms with van der Waals surface area (Å²) in [7, 11) is 1.29. The molecule has 156 valence electrons. The molecule has 3 aromatic rings. The molecule has 0 unspecified atom stereocenters. The zero-order valence-corrected chi connectivity index (χ0v) is 17.2. The first kappa shape index (κ1) is 21.2. The Morgan fingerprint density at radius 3 is 2.50 bits per heavy atom. The second-order valence-corrected chi connectivity index (χ2v) is 7.14. The number of hydrogen-bond donors (Lipinski definition) is 1. The molecule has 0 saturated heterocycles. The Labute approximate surface area is 174 Å². The monoisotopic (exact) mass is 409 g/mol. The van der Waals surface area contributed by atoms with Crippen LogP contribution in [-0.4, -0.2) is 28.8 Å². The lowest BCUT2D eigenvalue weighted by Crippen LogP contribution is -2.30. The summed E-state index contributed by atoms with van der Waals surface area (Å²) >= 11 is 0. The largest absolute Gasteiger partial charge is 0.469 e. The zero-order chi connectivity index (χ0) is 21.7. The topological polar surface area (TPSA) is 73.2 Å². The highest BCUT2D eigenvalue weighted by molar-refractivity contribution is 5.94. The van der Waals surface area contributed by atoms with Crippen molar-refractivity contribution in [2.45, 2.75) is 32.9 Å².